The number of aryl methyl sites for hydroxylation is 1. The maximum absolute atomic E-state index is 11.8. The van der Waals surface area contributed by atoms with E-state index in [0.717, 1.165) is 46.6 Å². The number of fused-ring (bicyclic) bond motifs is 1. The first-order valence-electron chi connectivity index (χ1n) is 7.81. The summed E-state index contributed by atoms with van der Waals surface area (Å²) in [6.45, 7) is 2.02. The first kappa shape index (κ1) is 15.7. The van der Waals surface area contributed by atoms with Crippen molar-refractivity contribution in [3.8, 4) is 0 Å². The largest absolute Gasteiger partial charge is 0.376 e. The van der Waals surface area contributed by atoms with Crippen LogP contribution in [0.4, 0.5) is 10.5 Å². The molecule has 0 unspecified atom stereocenters. The molecule has 0 bridgehead atoms. The Balaban J connectivity index is 1.48. The molecule has 2 aromatic rings. The number of carbonyl (C=O) groups is 2. The maximum Gasteiger partial charge on any atom is 0.321 e. The number of hydrogen-bond acceptors (Lipinski definition) is 5. The number of imide groups is 1. The van der Waals surface area contributed by atoms with Gasteiger partial charge in [0.05, 0.1) is 21.8 Å². The number of benzene rings is 1. The van der Waals surface area contributed by atoms with E-state index < -0.39 is 6.03 Å². The number of amides is 3. The Morgan fingerprint density at radius 3 is 2.87 bits per heavy atom. The molecule has 1 aromatic heterocycles. The molecule has 6 nitrogen and oxygen atoms in total. The summed E-state index contributed by atoms with van der Waals surface area (Å²) in [4.78, 5) is 27.9. The second-order valence-corrected chi connectivity index (χ2v) is 7.01. The Bertz CT molecular complexity index is 722. The van der Waals surface area contributed by atoms with Crippen molar-refractivity contribution in [3.63, 3.8) is 0 Å². The van der Waals surface area contributed by atoms with Crippen molar-refractivity contribution in [2.75, 3.05) is 11.9 Å². The third-order valence-electron chi connectivity index (χ3n) is 3.89. The minimum Gasteiger partial charge on any atom is -0.376 e. The molecule has 1 aromatic carbocycles. The molecule has 1 fully saturated rings. The van der Waals surface area contributed by atoms with Gasteiger partial charge in [-0.15, -0.1) is 11.3 Å². The second kappa shape index (κ2) is 6.95. The van der Waals surface area contributed by atoms with E-state index in [2.05, 4.69) is 20.9 Å². The number of thiazole rings is 1. The zero-order valence-corrected chi connectivity index (χ0v) is 13.8. The first-order valence-corrected chi connectivity index (χ1v) is 8.63. The highest BCUT2D eigenvalue weighted by molar-refractivity contribution is 7.18. The summed E-state index contributed by atoms with van der Waals surface area (Å²) >= 11 is 1.61. The minimum absolute atomic E-state index is 0.0569. The van der Waals surface area contributed by atoms with Gasteiger partial charge in [-0.3, -0.25) is 10.1 Å². The van der Waals surface area contributed by atoms with Crippen LogP contribution >= 0.6 is 11.3 Å². The zero-order valence-electron chi connectivity index (χ0n) is 13.0. The van der Waals surface area contributed by atoms with Gasteiger partial charge in [-0.05, 0) is 38.0 Å². The Morgan fingerprint density at radius 1 is 1.30 bits per heavy atom. The lowest BCUT2D eigenvalue weighted by Gasteiger charge is -2.12. The molecule has 7 heteroatoms. The smallest absolute Gasteiger partial charge is 0.321 e. The van der Waals surface area contributed by atoms with Gasteiger partial charge in [0.1, 0.15) is 0 Å². The molecule has 3 amide bonds. The molecular formula is C16H20N4O2S. The van der Waals surface area contributed by atoms with Crippen LogP contribution in [0.15, 0.2) is 18.2 Å². The fourth-order valence-corrected chi connectivity index (χ4v) is 3.66. The van der Waals surface area contributed by atoms with Crippen molar-refractivity contribution >= 4 is 39.2 Å². The van der Waals surface area contributed by atoms with E-state index in [4.69, 9.17) is 0 Å². The van der Waals surface area contributed by atoms with Gasteiger partial charge in [0, 0.05) is 11.7 Å². The maximum atomic E-state index is 11.8. The molecule has 1 aliphatic carbocycles. The normalized spacial score (nSPS) is 14.8. The molecule has 23 heavy (non-hydrogen) atoms. The summed E-state index contributed by atoms with van der Waals surface area (Å²) in [5.74, 6) is -0.346. The average molecular weight is 332 g/mol. The second-order valence-electron chi connectivity index (χ2n) is 5.77. The molecule has 1 aliphatic rings. The van der Waals surface area contributed by atoms with Crippen LogP contribution in [-0.4, -0.2) is 29.5 Å². The predicted octanol–water partition coefficient (Wildman–Crippen LogP) is 2.79. The molecule has 122 valence electrons. The topological polar surface area (TPSA) is 83.1 Å². The third-order valence-corrected chi connectivity index (χ3v) is 4.83. The summed E-state index contributed by atoms with van der Waals surface area (Å²) in [6, 6.07) is 5.57. The Morgan fingerprint density at radius 2 is 2.09 bits per heavy atom. The number of nitrogens with one attached hydrogen (secondary N) is 3. The number of rotatable bonds is 4. The van der Waals surface area contributed by atoms with Crippen LogP contribution in [0.5, 0.6) is 0 Å². The van der Waals surface area contributed by atoms with Crippen molar-refractivity contribution in [2.24, 2.45) is 0 Å². The first-order chi connectivity index (χ1) is 11.1. The summed E-state index contributed by atoms with van der Waals surface area (Å²) in [7, 11) is 0. The fourth-order valence-electron chi connectivity index (χ4n) is 2.79. The molecule has 0 saturated heterocycles. The highest BCUT2D eigenvalue weighted by Gasteiger charge is 2.18. The van der Waals surface area contributed by atoms with E-state index in [1.807, 2.05) is 25.1 Å². The van der Waals surface area contributed by atoms with Crippen molar-refractivity contribution in [1.82, 2.24) is 15.6 Å². The Labute approximate surface area is 138 Å². The van der Waals surface area contributed by atoms with Gasteiger partial charge in [0.15, 0.2) is 0 Å². The monoisotopic (exact) mass is 332 g/mol. The van der Waals surface area contributed by atoms with E-state index in [-0.39, 0.29) is 18.5 Å². The highest BCUT2D eigenvalue weighted by Crippen LogP contribution is 2.24. The van der Waals surface area contributed by atoms with Crippen molar-refractivity contribution < 1.29 is 9.59 Å². The van der Waals surface area contributed by atoms with Gasteiger partial charge in [-0.1, -0.05) is 12.8 Å². The van der Waals surface area contributed by atoms with Gasteiger partial charge >= 0.3 is 6.03 Å². The lowest BCUT2D eigenvalue weighted by Crippen LogP contribution is -2.45. The molecule has 3 N–H and O–H groups in total. The molecule has 0 atom stereocenters. The van der Waals surface area contributed by atoms with Crippen LogP contribution in [0.25, 0.3) is 10.2 Å². The Hall–Kier alpha value is -2.15. The average Bonchev–Trinajstić information content (AvgIpc) is 3.12. The van der Waals surface area contributed by atoms with Crippen molar-refractivity contribution in [3.05, 3.63) is 23.2 Å². The summed E-state index contributed by atoms with van der Waals surface area (Å²) in [5, 5.41) is 9.23. The number of carbonyl (C=O) groups excluding carboxylic acids is 2. The number of nitrogens with zero attached hydrogens (tertiary/aromatic N) is 1. The molecule has 1 saturated carbocycles. The molecular weight excluding hydrogens is 312 g/mol. The number of hydrogen-bond donors (Lipinski definition) is 3. The predicted molar refractivity (Wildman–Crippen MR) is 91.8 cm³/mol. The van der Waals surface area contributed by atoms with E-state index in [0.29, 0.717) is 0 Å². The standard InChI is InChI=1S/C16H20N4O2S/c1-10-18-13-7-6-12(8-14(13)23-10)17-9-15(21)20-16(22)19-11-4-2-3-5-11/h6-8,11,17H,2-5,9H2,1H3,(H2,19,20,21,22). The van der Waals surface area contributed by atoms with E-state index in [9.17, 15) is 9.59 Å². The molecule has 1 heterocycles. The zero-order chi connectivity index (χ0) is 16.2. The SMILES string of the molecule is Cc1nc2ccc(NCC(=O)NC(=O)NC3CCCC3)cc2s1. The number of anilines is 1. The van der Waals surface area contributed by atoms with Gasteiger partial charge in [-0.25, -0.2) is 9.78 Å². The van der Waals surface area contributed by atoms with Gasteiger partial charge < -0.3 is 10.6 Å². The van der Waals surface area contributed by atoms with Gasteiger partial charge in [0.25, 0.3) is 0 Å². The van der Waals surface area contributed by atoms with Crippen LogP contribution in [0.3, 0.4) is 0 Å². The minimum atomic E-state index is -0.405. The molecule has 0 aliphatic heterocycles. The lowest BCUT2D eigenvalue weighted by molar-refractivity contribution is -0.118. The van der Waals surface area contributed by atoms with Crippen LogP contribution < -0.4 is 16.0 Å². The number of urea groups is 1. The van der Waals surface area contributed by atoms with E-state index >= 15 is 0 Å². The van der Waals surface area contributed by atoms with Gasteiger partial charge in [0.2, 0.25) is 5.91 Å². The summed E-state index contributed by atoms with van der Waals surface area (Å²) < 4.78 is 1.08. The number of aromatic nitrogens is 1. The molecule has 0 radical (unpaired) electrons. The fraction of sp³-hybridized carbons (Fsp3) is 0.438. The van der Waals surface area contributed by atoms with Gasteiger partial charge in [-0.2, -0.15) is 0 Å². The van der Waals surface area contributed by atoms with Crippen molar-refractivity contribution in [2.45, 2.75) is 38.6 Å². The van der Waals surface area contributed by atoms with Crippen molar-refractivity contribution in [1.29, 1.82) is 0 Å². The highest BCUT2D eigenvalue weighted by atomic mass is 32.1. The quantitative estimate of drug-likeness (QED) is 0.804. The molecule has 0 spiro atoms. The van der Waals surface area contributed by atoms with Crippen LogP contribution in [0.1, 0.15) is 30.7 Å². The van der Waals surface area contributed by atoms with Crippen LogP contribution in [0.2, 0.25) is 0 Å². The van der Waals surface area contributed by atoms with Crippen LogP contribution in [0, 0.1) is 6.92 Å². The third kappa shape index (κ3) is 4.19. The lowest BCUT2D eigenvalue weighted by atomic mass is 10.2. The van der Waals surface area contributed by atoms with Crippen LogP contribution in [-0.2, 0) is 4.79 Å². The Kier molecular flexibility index (Phi) is 4.76. The van der Waals surface area contributed by atoms with E-state index in [1.165, 1.54) is 0 Å². The molecule has 3 rings (SSSR count). The summed E-state index contributed by atoms with van der Waals surface area (Å²) in [6.07, 6.45) is 4.27. The summed E-state index contributed by atoms with van der Waals surface area (Å²) in [5.41, 5.74) is 1.80. The van der Waals surface area contributed by atoms with E-state index in [1.54, 1.807) is 11.3 Å².